The first-order valence-corrected chi connectivity index (χ1v) is 40.6. The van der Waals surface area contributed by atoms with E-state index in [0.29, 0.717) is 60.0 Å². The summed E-state index contributed by atoms with van der Waals surface area (Å²) in [5.41, 5.74) is -5.36. The van der Waals surface area contributed by atoms with Gasteiger partial charge in [-0.25, -0.2) is 17.6 Å². The third kappa shape index (κ3) is 20.6. The molecule has 5 aliphatic carbocycles. The molecule has 8 aromatic rings. The van der Waals surface area contributed by atoms with E-state index in [0.717, 1.165) is 87.7 Å². The number of piperidine rings is 1. The Labute approximate surface area is 734 Å². The molecule has 15 rings (SSSR count). The van der Waals surface area contributed by atoms with E-state index in [1.807, 2.05) is 18.3 Å². The molecule has 8 N–H and O–H groups in total. The molecule has 2 aromatic heterocycles. The van der Waals surface area contributed by atoms with Crippen LogP contribution in [0, 0.1) is 77.0 Å². The maximum Gasteiger partial charge on any atom is 0.478 e. The van der Waals surface area contributed by atoms with Crippen LogP contribution in [-0.2, 0) is 66.3 Å². The largest absolute Gasteiger partial charge is 0.478 e. The van der Waals surface area contributed by atoms with Gasteiger partial charge in [-0.05, 0) is 228 Å². The Bertz CT molecular complexity index is 5720. The first-order valence-electron chi connectivity index (χ1n) is 39.1. The monoisotopic (exact) mass is 1830 g/mol. The van der Waals surface area contributed by atoms with Gasteiger partial charge in [0.05, 0.1) is 78.3 Å². The molecule has 7 fully saturated rings. The minimum atomic E-state index is -4.06. The van der Waals surface area contributed by atoms with E-state index >= 15 is 17.6 Å². The summed E-state index contributed by atoms with van der Waals surface area (Å²) in [5, 5.41) is 42.6. The second-order valence-electron chi connectivity index (χ2n) is 32.4. The number of alkyl halides is 8. The summed E-state index contributed by atoms with van der Waals surface area (Å²) < 4.78 is 187. The second kappa shape index (κ2) is 37.1. The molecule has 2 aliphatic heterocycles. The van der Waals surface area contributed by atoms with Crippen molar-refractivity contribution in [3.8, 4) is 12.1 Å². The van der Waals surface area contributed by atoms with E-state index < -0.39 is 153 Å². The maximum atomic E-state index is 15.2. The van der Waals surface area contributed by atoms with Crippen molar-refractivity contribution in [3.63, 3.8) is 0 Å². The molecule has 4 atom stereocenters. The van der Waals surface area contributed by atoms with Gasteiger partial charge in [-0.1, -0.05) is 67.1 Å². The Morgan fingerprint density at radius 2 is 0.992 bits per heavy atom. The van der Waals surface area contributed by atoms with Crippen LogP contribution >= 0.6 is 46.4 Å². The van der Waals surface area contributed by atoms with Gasteiger partial charge < -0.3 is 65.6 Å². The van der Waals surface area contributed by atoms with Crippen molar-refractivity contribution in [2.24, 2.45) is 31.3 Å². The zero-order valence-corrected chi connectivity index (χ0v) is 71.3. The van der Waals surface area contributed by atoms with Gasteiger partial charge >= 0.3 is 30.8 Å². The molecule has 0 radical (unpaired) electrons. The lowest BCUT2D eigenvalue weighted by Gasteiger charge is -2.64. The smallest absolute Gasteiger partial charge is 0.450 e. The van der Waals surface area contributed by atoms with Crippen molar-refractivity contribution in [2.75, 3.05) is 40.8 Å². The Hall–Kier alpha value is -11.1. The fraction of sp³-hybridized carbons (Fsp3) is 0.365. The van der Waals surface area contributed by atoms with Gasteiger partial charge in [-0.2, -0.15) is 45.6 Å². The summed E-state index contributed by atoms with van der Waals surface area (Å²) in [6.07, 6.45) is 5.88. The van der Waals surface area contributed by atoms with Crippen LogP contribution in [0.2, 0.25) is 32.7 Å². The number of nitriles is 2. The third-order valence-corrected chi connectivity index (χ3v) is 24.5. The standard InChI is InChI=1S/C27H29BClF3N2O4.C22H23BClF3N2O3.2C18H14ClF3N4O2/c1-14-9-17(6-8-20(14)30)34-23(35)15-5-7-19(29)18(10-15)27(31,32)24(36)33-13-28-37-22-12-16-11-21(25(16,2)3)26(22,4)38-28;1-13-11-16(4-6-19(13)25)28-20(30)14-3-5-18(24)17(12-14)22(26,27)21(31)29-9-7-15(8-10-29)23(2)32;1-26-7-4-11(15(27)24-10-2-3-13(20)12(19)8-10)14(26)18(21,22)16(28)25-17(9-23)5-6-17;1-26-8-10(15(27)24-11-2-3-13(20)12(19)7-11)6-14(26)18(21,22)16(28)25-17(9-23)4-5-17/h5-10,16,21-22H,11-13H2,1-4H3,(H,33,36)(H,34,35);3-6,11-12,15,32H,7-10H2,1-2H3,(H,28,30);2-4,7-8H,5-6H2,1H3,(H,24,27)(H,25,28);2-3,6-8H,4-5H2,1H3,(H,24,27)(H,25,28)/t16-,21-,22+,26-;;;/m0.../s1. The zero-order chi connectivity index (χ0) is 92.6. The predicted molar refractivity (Wildman–Crippen MR) is 444 cm³/mol. The lowest BCUT2D eigenvalue weighted by atomic mass is 9.43. The number of aryl methyl sites for hydroxylation is 4. The number of carbonyl (C=O) groups is 8. The number of hydrogen-bond donors (Lipinski definition) is 8. The highest BCUT2D eigenvalue weighted by atomic mass is 35.5. The van der Waals surface area contributed by atoms with Gasteiger partial charge in [0, 0.05) is 73.5 Å². The topological polar surface area (TPSA) is 320 Å². The van der Waals surface area contributed by atoms with Crippen molar-refractivity contribution < 1.29 is 105 Å². The fourth-order valence-electron chi connectivity index (χ4n) is 15.3. The van der Waals surface area contributed by atoms with Crippen LogP contribution in [-0.4, -0.2) is 123 Å². The molecule has 8 amide bonds. The number of anilines is 4. The number of rotatable bonds is 21. The quantitative estimate of drug-likeness (QED) is 0.0245. The number of halogens is 16. The van der Waals surface area contributed by atoms with Gasteiger partial charge in [-0.3, -0.25) is 38.4 Å². The third-order valence-electron chi connectivity index (χ3n) is 23.2. The lowest BCUT2D eigenvalue weighted by Crippen LogP contribution is -2.65. The van der Waals surface area contributed by atoms with Crippen molar-refractivity contribution in [1.82, 2.24) is 30.0 Å². The minimum Gasteiger partial charge on any atom is -0.450 e. The highest BCUT2D eigenvalue weighted by Crippen LogP contribution is 2.66. The van der Waals surface area contributed by atoms with Gasteiger partial charge in [0.25, 0.3) is 54.2 Å². The Balaban J connectivity index is 0.000000164. The Morgan fingerprint density at radius 1 is 0.548 bits per heavy atom. The Morgan fingerprint density at radius 3 is 1.44 bits per heavy atom. The zero-order valence-electron chi connectivity index (χ0n) is 68.3. The Kier molecular flexibility index (Phi) is 28.1. The molecule has 0 unspecified atom stereocenters. The van der Waals surface area contributed by atoms with E-state index in [4.69, 9.17) is 66.2 Å². The summed E-state index contributed by atoms with van der Waals surface area (Å²) in [7, 11) is 1.69. The number of likely N-dealkylation sites (tertiary alicyclic amines) is 1. The molecule has 23 nitrogen and oxygen atoms in total. The molecule has 7 aliphatic rings. The van der Waals surface area contributed by atoms with E-state index in [2.05, 4.69) is 45.7 Å². The SMILES string of the molecule is CB(O)C1CCN(C(=O)C(F)(F)c2cc(C(=O)Nc3ccc(F)c(C)c3)ccc2Cl)CC1.Cc1cc(NC(=O)c2ccc(Cl)c(C(F)(F)C(=O)NCB3O[C@@H]4C[C@@H]5C[C@@H](C5(C)C)[C@]4(C)O3)c2)ccc1F.Cn1cc(C(=O)Nc2ccc(F)c(Cl)c2)cc1C(F)(F)C(=O)NC1(C#N)CC1.Cn1ccc(C(=O)Nc2ccc(F)c(Cl)c2)c1C(F)(F)C(=O)NC1(C#N)CC1. The van der Waals surface area contributed by atoms with Crippen LogP contribution in [0.4, 0.5) is 75.4 Å². The molecule has 2 bridgehead atoms. The minimum absolute atomic E-state index is 0.0432. The average molecular weight is 1840 g/mol. The number of nitrogens with one attached hydrogen (secondary N) is 7. The van der Waals surface area contributed by atoms with Gasteiger partial charge in [-0.15, -0.1) is 0 Å². The second-order valence-corrected chi connectivity index (χ2v) is 34.0. The van der Waals surface area contributed by atoms with Crippen LogP contribution < -0.4 is 37.2 Å². The summed E-state index contributed by atoms with van der Waals surface area (Å²) in [5.74, 6) is -26.7. The molecule has 2 saturated heterocycles. The van der Waals surface area contributed by atoms with Crippen LogP contribution in [0.15, 0.2) is 134 Å². The van der Waals surface area contributed by atoms with Crippen LogP contribution in [0.25, 0.3) is 0 Å². The molecule has 0 spiro atoms. The molecule has 5 saturated carbocycles. The summed E-state index contributed by atoms with van der Waals surface area (Å²) in [6.45, 7) is 10.8. The fourth-order valence-corrected chi connectivity index (χ4v) is 16.1. The van der Waals surface area contributed by atoms with Crippen molar-refractivity contribution in [1.29, 1.82) is 10.5 Å². The van der Waals surface area contributed by atoms with E-state index in [9.17, 15) is 78.5 Å². The molecular weight excluding hydrogens is 1760 g/mol. The van der Waals surface area contributed by atoms with Gasteiger partial charge in [0.2, 0.25) is 0 Å². The molecule has 664 valence electrons. The maximum absolute atomic E-state index is 15.2. The van der Waals surface area contributed by atoms with Gasteiger partial charge in [0.1, 0.15) is 40.0 Å². The first kappa shape index (κ1) is 95.6. The predicted octanol–water partition coefficient (Wildman–Crippen LogP) is 16.9. The summed E-state index contributed by atoms with van der Waals surface area (Å²) >= 11 is 23.3. The van der Waals surface area contributed by atoms with Crippen molar-refractivity contribution >= 4 is 130 Å². The molecular formula is C85H80B2Cl4F12N12O11. The van der Waals surface area contributed by atoms with Crippen LogP contribution in [0.1, 0.15) is 147 Å². The summed E-state index contributed by atoms with van der Waals surface area (Å²) in [4.78, 5) is 100. The number of nitrogens with zero attached hydrogens (tertiary/aromatic N) is 5. The number of benzene rings is 6. The first-order chi connectivity index (χ1) is 58.9. The number of carbonyl (C=O) groups excluding carboxylic acids is 8. The molecule has 4 heterocycles. The van der Waals surface area contributed by atoms with E-state index in [-0.39, 0.29) is 97.9 Å². The van der Waals surface area contributed by atoms with E-state index in [1.165, 1.54) is 101 Å². The highest BCUT2D eigenvalue weighted by Gasteiger charge is 2.68. The van der Waals surface area contributed by atoms with Gasteiger partial charge in [0.15, 0.2) is 0 Å². The number of aromatic nitrogens is 2. The highest BCUT2D eigenvalue weighted by molar-refractivity contribution is 6.50. The van der Waals surface area contributed by atoms with Crippen LogP contribution in [0.3, 0.4) is 0 Å². The number of hydrogen-bond acceptors (Lipinski definition) is 13. The average Bonchev–Trinajstić information content (AvgIpc) is 1.38. The van der Waals surface area contributed by atoms with Crippen molar-refractivity contribution in [3.05, 3.63) is 233 Å². The van der Waals surface area contributed by atoms with Crippen LogP contribution in [0.5, 0.6) is 0 Å². The normalized spacial score (nSPS) is 18.6. The molecule has 6 aromatic carbocycles. The van der Waals surface area contributed by atoms with E-state index in [1.54, 1.807) is 12.9 Å². The summed E-state index contributed by atoms with van der Waals surface area (Å²) in [6, 6.07) is 27.0. The lowest BCUT2D eigenvalue weighted by molar-refractivity contribution is -0.199. The molecule has 41 heteroatoms. The number of amides is 8. The molecule has 126 heavy (non-hydrogen) atoms. The van der Waals surface area contributed by atoms with Crippen molar-refractivity contribution in [2.45, 2.75) is 145 Å².